The maximum Gasteiger partial charge on any atom is 0.321 e. The number of imide groups is 1. The maximum atomic E-state index is 12.4. The van der Waals surface area contributed by atoms with Crippen molar-refractivity contribution in [2.75, 3.05) is 27.8 Å². The summed E-state index contributed by atoms with van der Waals surface area (Å²) in [4.78, 5) is 25.5. The molecule has 7 heteroatoms. The number of urea groups is 1. The summed E-state index contributed by atoms with van der Waals surface area (Å²) in [7, 11) is 5.19. The van der Waals surface area contributed by atoms with Crippen LogP contribution in [-0.2, 0) is 11.2 Å². The second-order valence-electron chi connectivity index (χ2n) is 7.56. The summed E-state index contributed by atoms with van der Waals surface area (Å²) in [5, 5.41) is 5.41. The molecule has 0 saturated heterocycles. The lowest BCUT2D eigenvalue weighted by atomic mass is 9.96. The van der Waals surface area contributed by atoms with Gasteiger partial charge in [0.25, 0.3) is 5.91 Å². The quantitative estimate of drug-likeness (QED) is 0.623. The molecule has 3 amide bonds. The van der Waals surface area contributed by atoms with Gasteiger partial charge in [-0.3, -0.25) is 10.1 Å². The fourth-order valence-electron chi connectivity index (χ4n) is 3.51. The van der Waals surface area contributed by atoms with Crippen LogP contribution in [0.15, 0.2) is 18.2 Å². The van der Waals surface area contributed by atoms with Gasteiger partial charge in [0.2, 0.25) is 0 Å². The van der Waals surface area contributed by atoms with Crippen molar-refractivity contribution in [1.29, 1.82) is 0 Å². The van der Waals surface area contributed by atoms with E-state index in [1.165, 1.54) is 6.42 Å². The second kappa shape index (κ2) is 10.9. The highest BCUT2D eigenvalue weighted by molar-refractivity contribution is 5.96. The summed E-state index contributed by atoms with van der Waals surface area (Å²) < 4.78 is 10.6. The van der Waals surface area contributed by atoms with Crippen LogP contribution in [0.3, 0.4) is 0 Å². The van der Waals surface area contributed by atoms with Crippen molar-refractivity contribution in [2.45, 2.75) is 57.5 Å². The Hall–Kier alpha value is -2.28. The monoisotopic (exact) mass is 392 g/mol. The van der Waals surface area contributed by atoms with E-state index in [1.54, 1.807) is 14.2 Å². The van der Waals surface area contributed by atoms with E-state index in [2.05, 4.69) is 10.6 Å². The van der Waals surface area contributed by atoms with Gasteiger partial charge in [0, 0.05) is 12.5 Å². The molecule has 0 spiro atoms. The number of methoxy groups -OCH3 is 2. The Labute approximate surface area is 167 Å². The summed E-state index contributed by atoms with van der Waals surface area (Å²) in [6.07, 6.45) is 6.28. The first-order chi connectivity index (χ1) is 13.4. The van der Waals surface area contributed by atoms with Gasteiger partial charge in [-0.1, -0.05) is 25.3 Å². The maximum absolute atomic E-state index is 12.4. The van der Waals surface area contributed by atoms with E-state index in [0.717, 1.165) is 49.1 Å². The third-order valence-corrected chi connectivity index (χ3v) is 5.57. The molecule has 0 heterocycles. The van der Waals surface area contributed by atoms with Gasteiger partial charge in [-0.15, -0.1) is 0 Å². The fourth-order valence-corrected chi connectivity index (χ4v) is 3.51. The summed E-state index contributed by atoms with van der Waals surface area (Å²) >= 11 is 0. The number of hydrogen-bond acceptors (Lipinski definition) is 4. The molecule has 28 heavy (non-hydrogen) atoms. The molecule has 2 rings (SSSR count). The molecule has 1 fully saturated rings. The summed E-state index contributed by atoms with van der Waals surface area (Å²) in [5.74, 6) is 1.14. The van der Waals surface area contributed by atoms with Crippen LogP contribution in [-0.4, -0.2) is 51.8 Å². The van der Waals surface area contributed by atoms with Gasteiger partial charge < -0.3 is 19.7 Å². The van der Waals surface area contributed by atoms with Crippen molar-refractivity contribution in [1.82, 2.24) is 10.6 Å². The highest BCUT2D eigenvalue weighted by atomic mass is 16.5. The van der Waals surface area contributed by atoms with Crippen molar-refractivity contribution >= 4 is 11.9 Å². The van der Waals surface area contributed by atoms with E-state index in [0.29, 0.717) is 11.5 Å². The van der Waals surface area contributed by atoms with Crippen molar-refractivity contribution in [3.63, 3.8) is 0 Å². The van der Waals surface area contributed by atoms with E-state index in [-0.39, 0.29) is 24.0 Å². The third kappa shape index (κ3) is 6.41. The van der Waals surface area contributed by atoms with Crippen molar-refractivity contribution in [3.05, 3.63) is 23.8 Å². The van der Waals surface area contributed by atoms with Crippen LogP contribution in [0.25, 0.3) is 0 Å². The molecule has 1 saturated carbocycles. The number of carbonyl (C=O) groups excluding carboxylic acids is 2. The van der Waals surface area contributed by atoms with Crippen LogP contribution >= 0.6 is 0 Å². The Bertz CT molecular complexity index is 659. The topological polar surface area (TPSA) is 81.1 Å². The van der Waals surface area contributed by atoms with Crippen LogP contribution in [0.4, 0.5) is 4.79 Å². The number of benzene rings is 1. The molecular formula is C21H34N3O4+. The lowest BCUT2D eigenvalue weighted by Crippen LogP contribution is -3.14. The molecule has 1 unspecified atom stereocenters. The third-order valence-electron chi connectivity index (χ3n) is 5.57. The largest absolute Gasteiger partial charge is 0.493 e. The first kappa shape index (κ1) is 22.0. The minimum absolute atomic E-state index is 0.187. The molecule has 1 aliphatic rings. The standard InChI is InChI=1S/C21H33N3O4/c1-15(20(25)23-21(26)22-17-8-6-5-7-9-17)24(2)13-12-16-10-11-18(27-3)19(14-16)28-4/h10-11,14-15,17H,5-9,12-13H2,1-4H3,(H2,22,23,25,26)/p+1/t15-/m0/s1. The number of nitrogens with one attached hydrogen (secondary N) is 3. The number of quaternary nitrogens is 1. The molecule has 0 bridgehead atoms. The van der Waals surface area contributed by atoms with Gasteiger partial charge in [-0.05, 0) is 37.5 Å². The molecule has 0 aliphatic heterocycles. The van der Waals surface area contributed by atoms with Crippen LogP contribution in [0.5, 0.6) is 11.5 Å². The van der Waals surface area contributed by atoms with E-state index in [4.69, 9.17) is 9.47 Å². The highest BCUT2D eigenvalue weighted by Crippen LogP contribution is 2.27. The van der Waals surface area contributed by atoms with Crippen molar-refractivity contribution in [2.24, 2.45) is 0 Å². The van der Waals surface area contributed by atoms with Crippen molar-refractivity contribution < 1.29 is 24.0 Å². The zero-order valence-corrected chi connectivity index (χ0v) is 17.5. The summed E-state index contributed by atoms with van der Waals surface area (Å²) in [5.41, 5.74) is 1.11. The molecule has 3 N–H and O–H groups in total. The van der Waals surface area contributed by atoms with E-state index in [9.17, 15) is 9.59 Å². The van der Waals surface area contributed by atoms with Crippen LogP contribution < -0.4 is 25.0 Å². The normalized spacial score (nSPS) is 16.7. The predicted octanol–water partition coefficient (Wildman–Crippen LogP) is 1.31. The lowest BCUT2D eigenvalue weighted by Gasteiger charge is -2.24. The summed E-state index contributed by atoms with van der Waals surface area (Å²) in [6.45, 7) is 2.60. The Morgan fingerprint density at radius 1 is 1.14 bits per heavy atom. The van der Waals surface area contributed by atoms with Crippen LogP contribution in [0.1, 0.15) is 44.6 Å². The van der Waals surface area contributed by atoms with E-state index in [1.807, 2.05) is 32.2 Å². The Morgan fingerprint density at radius 3 is 2.46 bits per heavy atom. The Morgan fingerprint density at radius 2 is 1.82 bits per heavy atom. The number of carbonyl (C=O) groups is 2. The Kier molecular flexibility index (Phi) is 8.57. The number of hydrogen-bond donors (Lipinski definition) is 3. The molecule has 0 aromatic heterocycles. The molecule has 7 nitrogen and oxygen atoms in total. The van der Waals surface area contributed by atoms with Crippen LogP contribution in [0, 0.1) is 0 Å². The zero-order valence-electron chi connectivity index (χ0n) is 17.5. The SMILES string of the molecule is COc1ccc(CC[NH+](C)[C@@H](C)C(=O)NC(=O)NC2CCCCC2)cc1OC. The average Bonchev–Trinajstić information content (AvgIpc) is 2.71. The first-order valence-electron chi connectivity index (χ1n) is 10.1. The Balaban J connectivity index is 1.80. The fraction of sp³-hybridized carbons (Fsp3) is 0.619. The predicted molar refractivity (Wildman–Crippen MR) is 108 cm³/mol. The zero-order chi connectivity index (χ0) is 20.5. The number of amides is 3. The number of ether oxygens (including phenoxy) is 2. The molecule has 1 aromatic rings. The van der Waals surface area contributed by atoms with Crippen LogP contribution in [0.2, 0.25) is 0 Å². The van der Waals surface area contributed by atoms with E-state index < -0.39 is 0 Å². The minimum atomic E-state index is -0.378. The van der Waals surface area contributed by atoms with Gasteiger partial charge in [0.15, 0.2) is 17.5 Å². The van der Waals surface area contributed by atoms with Gasteiger partial charge in [-0.2, -0.15) is 0 Å². The first-order valence-corrected chi connectivity index (χ1v) is 10.1. The smallest absolute Gasteiger partial charge is 0.321 e. The lowest BCUT2D eigenvalue weighted by molar-refractivity contribution is -0.894. The molecular weight excluding hydrogens is 358 g/mol. The number of rotatable bonds is 8. The minimum Gasteiger partial charge on any atom is -0.493 e. The van der Waals surface area contributed by atoms with Gasteiger partial charge >= 0.3 is 6.03 Å². The van der Waals surface area contributed by atoms with Gasteiger partial charge in [0.05, 0.1) is 27.8 Å². The van der Waals surface area contributed by atoms with E-state index >= 15 is 0 Å². The molecule has 156 valence electrons. The molecule has 1 aromatic carbocycles. The molecule has 2 atom stereocenters. The summed E-state index contributed by atoms with van der Waals surface area (Å²) in [6, 6.07) is 5.32. The van der Waals surface area contributed by atoms with Gasteiger partial charge in [0.1, 0.15) is 0 Å². The van der Waals surface area contributed by atoms with Gasteiger partial charge in [-0.25, -0.2) is 4.79 Å². The molecule has 0 radical (unpaired) electrons. The second-order valence-corrected chi connectivity index (χ2v) is 7.56. The number of likely N-dealkylation sites (N-methyl/N-ethyl adjacent to an activating group) is 1. The molecule has 1 aliphatic carbocycles. The highest BCUT2D eigenvalue weighted by Gasteiger charge is 2.24. The average molecular weight is 393 g/mol. The van der Waals surface area contributed by atoms with Crippen molar-refractivity contribution in [3.8, 4) is 11.5 Å².